The van der Waals surface area contributed by atoms with E-state index < -0.39 is 0 Å². The van der Waals surface area contributed by atoms with Gasteiger partial charge in [-0.2, -0.15) is 0 Å². The summed E-state index contributed by atoms with van der Waals surface area (Å²) in [6, 6.07) is 0. The van der Waals surface area contributed by atoms with Gasteiger partial charge in [0.05, 0.1) is 0 Å². The minimum atomic E-state index is 1.02. The van der Waals surface area contributed by atoms with Crippen LogP contribution in [0.4, 0.5) is 0 Å². The van der Waals surface area contributed by atoms with Crippen LogP contribution in [0.5, 0.6) is 0 Å². The largest absolute Gasteiger partial charge is 0.0985 e. The monoisotopic (exact) mass is 122 g/mol. The van der Waals surface area contributed by atoms with E-state index in [0.717, 1.165) is 19.3 Å². The number of allylic oxidation sites excluding steroid dienone is 2. The van der Waals surface area contributed by atoms with Gasteiger partial charge in [-0.25, -0.2) is 0 Å². The van der Waals surface area contributed by atoms with Gasteiger partial charge in [0, 0.05) is 6.42 Å². The molecule has 9 heavy (non-hydrogen) atoms. The minimum absolute atomic E-state index is 1.02. The lowest BCUT2D eigenvalue weighted by Crippen LogP contribution is -1.59. The number of hydrogen-bond donors (Lipinski definition) is 0. The Kier molecular flexibility index (Phi) is 6.73. The average Bonchev–Trinajstić information content (AvgIpc) is 1.89. The molecule has 0 amide bonds. The highest BCUT2D eigenvalue weighted by Gasteiger charge is 1.66. The first kappa shape index (κ1) is 8.30. The molecule has 0 bridgehead atoms. The molecule has 0 aliphatic heterocycles. The molecule has 0 aromatic heterocycles. The highest BCUT2D eigenvalue weighted by molar-refractivity contribution is 5.14. The van der Waals surface area contributed by atoms with E-state index in [0.29, 0.717) is 0 Å². The van der Waals surface area contributed by atoms with Crippen LogP contribution in [-0.4, -0.2) is 0 Å². The molecule has 0 rings (SSSR count). The summed E-state index contributed by atoms with van der Waals surface area (Å²) in [6.07, 6.45) is 7.26. The van der Waals surface area contributed by atoms with E-state index >= 15 is 0 Å². The van der Waals surface area contributed by atoms with Crippen molar-refractivity contribution in [1.82, 2.24) is 0 Å². The van der Waals surface area contributed by atoms with Gasteiger partial charge in [-0.3, -0.25) is 0 Å². The van der Waals surface area contributed by atoms with Crippen molar-refractivity contribution in [1.29, 1.82) is 0 Å². The second-order valence-corrected chi connectivity index (χ2v) is 1.88. The molecule has 0 radical (unpaired) electrons. The van der Waals surface area contributed by atoms with Gasteiger partial charge in [0.15, 0.2) is 0 Å². The summed E-state index contributed by atoms with van der Waals surface area (Å²) in [6.45, 7) is 4.25. The Morgan fingerprint density at radius 3 is 2.67 bits per heavy atom. The Labute approximate surface area is 58.0 Å². The van der Waals surface area contributed by atoms with E-state index in [1.165, 1.54) is 0 Å². The fourth-order valence-corrected chi connectivity index (χ4v) is 0.433. The third kappa shape index (κ3) is 7.30. The molecule has 0 heterocycles. The molecule has 0 unspecified atom stereocenters. The molecule has 50 valence electrons. The highest BCUT2D eigenvalue weighted by atomic mass is 13.7. The summed E-state index contributed by atoms with van der Waals surface area (Å²) in [7, 11) is 0. The van der Waals surface area contributed by atoms with Gasteiger partial charge in [-0.15, -0.1) is 0 Å². The smallest absolute Gasteiger partial charge is 0.00896 e. The molecule has 0 fully saturated rings. The van der Waals surface area contributed by atoms with Gasteiger partial charge in [0.1, 0.15) is 0 Å². The average molecular weight is 122 g/mol. The predicted octanol–water partition coefficient (Wildman–Crippen LogP) is 2.76. The van der Waals surface area contributed by atoms with Crippen molar-refractivity contribution < 1.29 is 0 Å². The van der Waals surface area contributed by atoms with Crippen LogP contribution < -0.4 is 0 Å². The van der Waals surface area contributed by atoms with Crippen LogP contribution in [0.3, 0.4) is 0 Å². The molecule has 0 atom stereocenters. The first-order valence-electron chi connectivity index (χ1n) is 3.55. The Balaban J connectivity index is 3.25. The maximum absolute atomic E-state index is 3.03. The van der Waals surface area contributed by atoms with Gasteiger partial charge in [-0.05, 0) is 18.9 Å². The minimum Gasteiger partial charge on any atom is -0.0985 e. The number of unbranched alkanes of at least 4 members (excludes halogenated alkanes) is 1. The van der Waals surface area contributed by atoms with Gasteiger partial charge < -0.3 is 0 Å². The lowest BCUT2D eigenvalue weighted by Gasteiger charge is -1.74. The third-order valence-corrected chi connectivity index (χ3v) is 0.914. The molecule has 0 aromatic carbocycles. The summed E-state index contributed by atoms with van der Waals surface area (Å²) in [5, 5.41) is 0. The van der Waals surface area contributed by atoms with Crippen molar-refractivity contribution in [2.45, 2.75) is 33.1 Å². The van der Waals surface area contributed by atoms with Crippen LogP contribution in [0, 0.1) is 11.8 Å². The van der Waals surface area contributed by atoms with Crippen LogP contribution in [0.2, 0.25) is 0 Å². The van der Waals surface area contributed by atoms with E-state index in [1.54, 1.807) is 0 Å². The van der Waals surface area contributed by atoms with E-state index in [-0.39, 0.29) is 0 Å². The molecular formula is C9H14. The zero-order valence-corrected chi connectivity index (χ0v) is 6.28. The summed E-state index contributed by atoms with van der Waals surface area (Å²) >= 11 is 0. The first-order chi connectivity index (χ1) is 4.41. The quantitative estimate of drug-likeness (QED) is 0.494. The van der Waals surface area contributed by atoms with E-state index in [1.807, 2.05) is 6.08 Å². The maximum Gasteiger partial charge on any atom is 0.00896 e. The van der Waals surface area contributed by atoms with E-state index in [9.17, 15) is 0 Å². The summed E-state index contributed by atoms with van der Waals surface area (Å²) in [4.78, 5) is 0. The number of rotatable bonds is 2. The van der Waals surface area contributed by atoms with Crippen molar-refractivity contribution in [3.63, 3.8) is 0 Å². The first-order valence-corrected chi connectivity index (χ1v) is 3.55. The molecule has 0 aliphatic carbocycles. The molecule has 0 saturated carbocycles. The highest BCUT2D eigenvalue weighted by Crippen LogP contribution is 1.82. The molecular weight excluding hydrogens is 108 g/mol. The Morgan fingerprint density at radius 2 is 2.11 bits per heavy atom. The fraction of sp³-hybridized carbons (Fsp3) is 0.556. The van der Waals surface area contributed by atoms with Crippen molar-refractivity contribution in [3.8, 4) is 11.8 Å². The van der Waals surface area contributed by atoms with Crippen molar-refractivity contribution in [3.05, 3.63) is 12.2 Å². The normalized spacial score (nSPS) is 9.11. The molecule has 0 spiro atoms. The van der Waals surface area contributed by atoms with E-state index in [4.69, 9.17) is 0 Å². The zero-order valence-electron chi connectivity index (χ0n) is 6.28. The van der Waals surface area contributed by atoms with Crippen molar-refractivity contribution in [2.75, 3.05) is 0 Å². The SMILES string of the molecule is CCC=CC#CCCC. The molecule has 0 aromatic rings. The molecule has 0 heteroatoms. The molecule has 0 N–H and O–H groups in total. The second-order valence-electron chi connectivity index (χ2n) is 1.88. The summed E-state index contributed by atoms with van der Waals surface area (Å²) < 4.78 is 0. The van der Waals surface area contributed by atoms with Gasteiger partial charge in [-0.1, -0.05) is 31.8 Å². The molecule has 0 nitrogen and oxygen atoms in total. The second kappa shape index (κ2) is 7.30. The van der Waals surface area contributed by atoms with Crippen LogP contribution in [0.15, 0.2) is 12.2 Å². The standard InChI is InChI=1S/C9H14/c1-3-5-7-9-8-6-4-2/h5,7H,3-4,6H2,1-2H3. The zero-order chi connectivity index (χ0) is 6.95. The summed E-state index contributed by atoms with van der Waals surface area (Å²) in [5.41, 5.74) is 0. The number of hydrogen-bond acceptors (Lipinski definition) is 0. The van der Waals surface area contributed by atoms with Crippen molar-refractivity contribution in [2.24, 2.45) is 0 Å². The Hall–Kier alpha value is -0.700. The molecule has 0 saturated heterocycles. The Morgan fingerprint density at radius 1 is 1.33 bits per heavy atom. The van der Waals surface area contributed by atoms with Gasteiger partial charge in [0.2, 0.25) is 0 Å². The van der Waals surface area contributed by atoms with Crippen LogP contribution >= 0.6 is 0 Å². The van der Waals surface area contributed by atoms with Crippen molar-refractivity contribution >= 4 is 0 Å². The molecule has 0 aliphatic rings. The Bertz CT molecular complexity index is 121. The summed E-state index contributed by atoms with van der Waals surface area (Å²) in [5.74, 6) is 5.99. The van der Waals surface area contributed by atoms with Crippen LogP contribution in [0.1, 0.15) is 33.1 Å². The predicted molar refractivity (Wildman–Crippen MR) is 42.1 cm³/mol. The van der Waals surface area contributed by atoms with Crippen LogP contribution in [0.25, 0.3) is 0 Å². The fourth-order valence-electron chi connectivity index (χ4n) is 0.433. The van der Waals surface area contributed by atoms with Gasteiger partial charge >= 0.3 is 0 Å². The lowest BCUT2D eigenvalue weighted by atomic mass is 10.3. The van der Waals surface area contributed by atoms with E-state index in [2.05, 4.69) is 31.8 Å². The van der Waals surface area contributed by atoms with Gasteiger partial charge in [0.25, 0.3) is 0 Å². The third-order valence-electron chi connectivity index (χ3n) is 0.914. The van der Waals surface area contributed by atoms with Crippen LogP contribution in [-0.2, 0) is 0 Å². The maximum atomic E-state index is 3.03. The lowest BCUT2D eigenvalue weighted by molar-refractivity contribution is 0.983. The topological polar surface area (TPSA) is 0 Å².